The van der Waals surface area contributed by atoms with Crippen LogP contribution in [0.25, 0.3) is 11.8 Å². The van der Waals surface area contributed by atoms with Gasteiger partial charge in [-0.2, -0.15) is 0 Å². The average Bonchev–Trinajstić information content (AvgIpc) is 2.99. The third-order valence-corrected chi connectivity index (χ3v) is 3.61. The Hall–Kier alpha value is -2.60. The molecule has 0 atom stereocenters. The van der Waals surface area contributed by atoms with Crippen molar-refractivity contribution < 1.29 is 14.3 Å². The number of esters is 1. The lowest BCUT2D eigenvalue weighted by molar-refractivity contribution is -0.149. The third-order valence-electron chi connectivity index (χ3n) is 3.61. The predicted molar refractivity (Wildman–Crippen MR) is 102 cm³/mol. The van der Waals surface area contributed by atoms with E-state index >= 15 is 0 Å². The van der Waals surface area contributed by atoms with Gasteiger partial charge in [-0.15, -0.1) is 0 Å². The number of aromatic nitrogens is 2. The van der Waals surface area contributed by atoms with E-state index in [9.17, 15) is 4.79 Å². The smallest absolute Gasteiger partial charge is 0.334 e. The fourth-order valence-electron chi connectivity index (χ4n) is 2.48. The number of carbonyl (C=O) groups excluding carboxylic acids is 1. The molecule has 26 heavy (non-hydrogen) atoms. The van der Waals surface area contributed by atoms with E-state index in [1.807, 2.05) is 56.7 Å². The van der Waals surface area contributed by atoms with Gasteiger partial charge in [-0.3, -0.25) is 0 Å². The maximum atomic E-state index is 12.4. The molecule has 0 saturated carbocycles. The molecule has 1 aromatic heterocycles. The summed E-state index contributed by atoms with van der Waals surface area (Å²) in [7, 11) is 1.62. The zero-order valence-electron chi connectivity index (χ0n) is 16.1. The highest BCUT2D eigenvalue weighted by molar-refractivity contribution is 5.94. The van der Waals surface area contributed by atoms with Crippen molar-refractivity contribution in [3.8, 4) is 11.4 Å². The Morgan fingerprint density at radius 2 is 2.08 bits per heavy atom. The van der Waals surface area contributed by atoms with E-state index in [1.165, 1.54) is 0 Å². The van der Waals surface area contributed by atoms with Crippen LogP contribution in [-0.4, -0.2) is 34.8 Å². The van der Waals surface area contributed by atoms with Crippen molar-refractivity contribution in [3.63, 3.8) is 0 Å². The summed E-state index contributed by atoms with van der Waals surface area (Å²) in [6.45, 7) is 7.83. The largest absolute Gasteiger partial charge is 0.495 e. The van der Waals surface area contributed by atoms with Crippen molar-refractivity contribution >= 4 is 12.0 Å². The Labute approximate surface area is 154 Å². The number of methoxy groups -OCH3 is 1. The molecule has 0 spiro atoms. The van der Waals surface area contributed by atoms with E-state index in [-0.39, 0.29) is 5.97 Å². The molecule has 0 aliphatic rings. The molecule has 0 fully saturated rings. The van der Waals surface area contributed by atoms with Crippen molar-refractivity contribution in [1.82, 2.24) is 9.55 Å². The third kappa shape index (κ3) is 5.20. The van der Waals surface area contributed by atoms with E-state index in [4.69, 9.17) is 15.2 Å². The highest BCUT2D eigenvalue weighted by Crippen LogP contribution is 2.26. The number of rotatable bonds is 6. The van der Waals surface area contributed by atoms with Crippen LogP contribution in [0, 0.1) is 6.92 Å². The van der Waals surface area contributed by atoms with E-state index in [0.29, 0.717) is 24.3 Å². The van der Waals surface area contributed by atoms with E-state index < -0.39 is 5.60 Å². The van der Waals surface area contributed by atoms with Crippen molar-refractivity contribution in [1.29, 1.82) is 0 Å². The minimum Gasteiger partial charge on any atom is -0.495 e. The summed E-state index contributed by atoms with van der Waals surface area (Å²) in [5.41, 5.74) is 8.29. The van der Waals surface area contributed by atoms with E-state index in [1.54, 1.807) is 19.5 Å². The molecule has 0 amide bonds. The maximum Gasteiger partial charge on any atom is 0.334 e. The molecule has 2 N–H and O–H groups in total. The summed E-state index contributed by atoms with van der Waals surface area (Å²) in [5.74, 6) is 0.337. The van der Waals surface area contributed by atoms with Crippen LogP contribution in [0.5, 0.6) is 5.75 Å². The first-order valence-corrected chi connectivity index (χ1v) is 8.56. The van der Waals surface area contributed by atoms with Gasteiger partial charge in [-0.25, -0.2) is 9.78 Å². The summed E-state index contributed by atoms with van der Waals surface area (Å²) < 4.78 is 12.9. The molecule has 0 saturated heterocycles. The Morgan fingerprint density at radius 1 is 1.35 bits per heavy atom. The fourth-order valence-corrected chi connectivity index (χ4v) is 2.48. The van der Waals surface area contributed by atoms with Gasteiger partial charge in [-0.05, 0) is 64.4 Å². The molecule has 2 rings (SSSR count). The number of carbonyl (C=O) groups is 1. The molecule has 6 nitrogen and oxygen atoms in total. The minimum absolute atomic E-state index is 0.351. The van der Waals surface area contributed by atoms with Crippen LogP contribution in [0.2, 0.25) is 0 Å². The van der Waals surface area contributed by atoms with Gasteiger partial charge in [0.1, 0.15) is 11.4 Å². The van der Waals surface area contributed by atoms with Gasteiger partial charge in [-0.1, -0.05) is 6.07 Å². The number of nitrogens with zero attached hydrogens (tertiary/aromatic N) is 2. The van der Waals surface area contributed by atoms with Crippen molar-refractivity contribution in [2.45, 2.75) is 39.7 Å². The fraction of sp³-hybridized carbons (Fsp3) is 0.400. The van der Waals surface area contributed by atoms with Crippen LogP contribution in [0.1, 0.15) is 38.4 Å². The summed E-state index contributed by atoms with van der Waals surface area (Å²) in [6, 6.07) is 5.74. The SMILES string of the molecule is COc1cc(/C=C(/CCN)C(=O)OC(C)(C)C)ccc1-n1cnc(C)c1. The lowest BCUT2D eigenvalue weighted by Crippen LogP contribution is -2.25. The van der Waals surface area contributed by atoms with Crippen LogP contribution in [0.3, 0.4) is 0 Å². The van der Waals surface area contributed by atoms with Crippen LogP contribution in [-0.2, 0) is 9.53 Å². The standard InChI is InChI=1S/C20H27N3O3/c1-14-12-23(13-22-14)17-7-6-15(11-18(17)25-5)10-16(8-9-21)19(24)26-20(2,3)4/h6-7,10-13H,8-9,21H2,1-5H3/b16-10-. The highest BCUT2D eigenvalue weighted by atomic mass is 16.6. The second kappa shape index (κ2) is 8.19. The molecule has 1 aromatic carbocycles. The van der Waals surface area contributed by atoms with Gasteiger partial charge >= 0.3 is 5.97 Å². The second-order valence-electron chi connectivity index (χ2n) is 7.06. The molecule has 0 aliphatic heterocycles. The lowest BCUT2D eigenvalue weighted by atomic mass is 10.1. The minimum atomic E-state index is -0.550. The van der Waals surface area contributed by atoms with Gasteiger partial charge < -0.3 is 19.8 Å². The monoisotopic (exact) mass is 357 g/mol. The molecule has 2 aromatic rings. The number of hydrogen-bond acceptors (Lipinski definition) is 5. The van der Waals surface area contributed by atoms with Gasteiger partial charge in [0.05, 0.1) is 24.8 Å². The van der Waals surface area contributed by atoms with Crippen LogP contribution < -0.4 is 10.5 Å². The number of aryl methyl sites for hydroxylation is 1. The van der Waals surface area contributed by atoms with Crippen LogP contribution >= 0.6 is 0 Å². The molecule has 140 valence electrons. The molecule has 0 radical (unpaired) electrons. The molecule has 0 bridgehead atoms. The summed E-state index contributed by atoms with van der Waals surface area (Å²) in [4.78, 5) is 16.7. The van der Waals surface area contributed by atoms with Gasteiger partial charge in [0.2, 0.25) is 0 Å². The van der Waals surface area contributed by atoms with Crippen LogP contribution in [0.4, 0.5) is 0 Å². The first kappa shape index (κ1) is 19.7. The molecular formula is C20H27N3O3. The lowest BCUT2D eigenvalue weighted by Gasteiger charge is -2.20. The normalized spacial score (nSPS) is 12.2. The first-order valence-electron chi connectivity index (χ1n) is 8.56. The van der Waals surface area contributed by atoms with Crippen molar-refractivity contribution in [3.05, 3.63) is 47.6 Å². The maximum absolute atomic E-state index is 12.4. The summed E-state index contributed by atoms with van der Waals surface area (Å²) in [5, 5.41) is 0. The van der Waals surface area contributed by atoms with Gasteiger partial charge in [0, 0.05) is 11.8 Å². The topological polar surface area (TPSA) is 79.4 Å². The summed E-state index contributed by atoms with van der Waals surface area (Å²) in [6.07, 6.45) is 5.91. The number of hydrogen-bond donors (Lipinski definition) is 1. The van der Waals surface area contributed by atoms with E-state index in [2.05, 4.69) is 4.98 Å². The number of ether oxygens (including phenoxy) is 2. The number of imidazole rings is 1. The predicted octanol–water partition coefficient (Wildman–Crippen LogP) is 3.26. The summed E-state index contributed by atoms with van der Waals surface area (Å²) >= 11 is 0. The van der Waals surface area contributed by atoms with Crippen LogP contribution in [0.15, 0.2) is 36.3 Å². The highest BCUT2D eigenvalue weighted by Gasteiger charge is 2.19. The first-order chi connectivity index (χ1) is 12.2. The van der Waals surface area contributed by atoms with Gasteiger partial charge in [0.25, 0.3) is 0 Å². The Kier molecular flexibility index (Phi) is 6.21. The number of nitrogens with two attached hydrogens (primary N) is 1. The zero-order chi connectivity index (χ0) is 19.3. The molecule has 0 unspecified atom stereocenters. The van der Waals surface area contributed by atoms with E-state index in [0.717, 1.165) is 16.9 Å². The second-order valence-corrected chi connectivity index (χ2v) is 7.06. The van der Waals surface area contributed by atoms with Crippen molar-refractivity contribution in [2.75, 3.05) is 13.7 Å². The Bertz CT molecular complexity index is 801. The zero-order valence-corrected chi connectivity index (χ0v) is 16.1. The Morgan fingerprint density at radius 3 is 2.62 bits per heavy atom. The van der Waals surface area contributed by atoms with Gasteiger partial charge in [0.15, 0.2) is 0 Å². The molecular weight excluding hydrogens is 330 g/mol. The molecule has 1 heterocycles. The Balaban J connectivity index is 2.36. The molecule has 0 aliphatic carbocycles. The average molecular weight is 357 g/mol. The van der Waals surface area contributed by atoms with Crippen molar-refractivity contribution in [2.24, 2.45) is 5.73 Å². The number of benzene rings is 1. The molecule has 6 heteroatoms. The quantitative estimate of drug-likeness (QED) is 0.634.